The lowest BCUT2D eigenvalue weighted by molar-refractivity contribution is -0.385. The number of thiophene rings is 2. The van der Waals surface area contributed by atoms with Crippen molar-refractivity contribution in [3.05, 3.63) is 206 Å². The molecule has 3 atom stereocenters. The zero-order valence-corrected chi connectivity index (χ0v) is 47.1. The molecule has 5 aromatic carbocycles. The number of nitrogens with zero attached hydrogens (tertiary/aromatic N) is 6. The molecule has 2 aromatic heterocycles. The van der Waals surface area contributed by atoms with Gasteiger partial charge in [0.05, 0.1) is 72.5 Å². The van der Waals surface area contributed by atoms with Crippen LogP contribution in [0.4, 0.5) is 64.7 Å². The number of nitrogen functional groups attached to an aromatic ring is 1. The van der Waals surface area contributed by atoms with E-state index >= 15 is 0 Å². The Hall–Kier alpha value is -9.94. The maximum atomic E-state index is 12.0. The molecule has 450 valence electrons. The fourth-order valence-corrected chi connectivity index (χ4v) is 9.59. The van der Waals surface area contributed by atoms with Gasteiger partial charge in [-0.3, -0.25) is 59.9 Å². The average molecular weight is 1260 g/mol. The first kappa shape index (κ1) is 65.2. The lowest BCUT2D eigenvalue weighted by Crippen LogP contribution is -2.34. The van der Waals surface area contributed by atoms with Crippen LogP contribution in [-0.4, -0.2) is 114 Å². The summed E-state index contributed by atoms with van der Waals surface area (Å²) in [6.07, 6.45) is -3.62. The third kappa shape index (κ3) is 18.8. The number of hydrogen-bond acceptors (Lipinski definition) is 20. The topological polar surface area (TPSA) is 361 Å². The Labute approximate surface area is 506 Å². The predicted molar refractivity (Wildman–Crippen MR) is 320 cm³/mol. The second-order valence-electron chi connectivity index (χ2n) is 17.8. The number of carbonyl (C=O) groups excluding carboxylic acids is 6. The molecule has 3 saturated heterocycles. The Kier molecular flexibility index (Phi) is 23.6. The quantitative estimate of drug-likeness (QED) is 0.0260. The Bertz CT molecular complexity index is 3510. The number of aliphatic hydroxyl groups excluding tert-OH is 1. The maximum absolute atomic E-state index is 12.0. The number of cyclic esters (lactones) is 3. The van der Waals surface area contributed by atoms with Gasteiger partial charge in [-0.25, -0.2) is 19.2 Å². The third-order valence-corrected chi connectivity index (χ3v) is 14.3. The molecule has 3 aliphatic heterocycles. The number of non-ortho nitro benzene ring substituents is 3. The number of ether oxygens (including phenoxy) is 4. The molecule has 5 heterocycles. The average Bonchev–Trinajstić information content (AvgIpc) is 3.67. The van der Waals surface area contributed by atoms with E-state index in [1.54, 1.807) is 48.5 Å². The Balaban J connectivity index is 0.000000184. The number of nitrogens with two attached hydrogens (primary N) is 1. The zero-order valence-electron chi connectivity index (χ0n) is 43.9. The van der Waals surface area contributed by atoms with E-state index in [9.17, 15) is 59.1 Å². The van der Waals surface area contributed by atoms with Crippen molar-refractivity contribution in [2.24, 2.45) is 0 Å². The fraction of sp³-hybridized carbons (Fsp3) is 0.200. The molecule has 6 N–H and O–H groups in total. The summed E-state index contributed by atoms with van der Waals surface area (Å²) in [5, 5.41) is 48.4. The molecule has 3 aliphatic rings. The zero-order chi connectivity index (χ0) is 61.2. The molecule has 31 heteroatoms. The minimum Gasteiger partial charge on any atom is -0.444 e. The van der Waals surface area contributed by atoms with Crippen molar-refractivity contribution >= 4 is 128 Å². The molecular formula is C55H52Cl2N10O17S2. The van der Waals surface area contributed by atoms with Crippen LogP contribution in [0.5, 0.6) is 0 Å². The lowest BCUT2D eigenvalue weighted by Gasteiger charge is -2.13. The van der Waals surface area contributed by atoms with Gasteiger partial charge in [-0.15, -0.1) is 22.7 Å². The van der Waals surface area contributed by atoms with Gasteiger partial charge in [-0.05, 0) is 90.5 Å². The molecule has 0 spiro atoms. The molecule has 0 saturated carbocycles. The van der Waals surface area contributed by atoms with Crippen molar-refractivity contribution in [3.63, 3.8) is 0 Å². The molecule has 6 amide bonds. The summed E-state index contributed by atoms with van der Waals surface area (Å²) in [5.74, 6) is -0.523. The molecule has 0 unspecified atom stereocenters. The molecule has 86 heavy (non-hydrogen) atoms. The van der Waals surface area contributed by atoms with E-state index in [0.29, 0.717) is 53.4 Å². The molecule has 3 fully saturated rings. The van der Waals surface area contributed by atoms with Gasteiger partial charge in [0, 0.05) is 64.8 Å². The van der Waals surface area contributed by atoms with Crippen molar-refractivity contribution in [2.75, 3.05) is 65.1 Å². The number of nitro benzene ring substituents is 3. The highest BCUT2D eigenvalue weighted by atomic mass is 35.5. The van der Waals surface area contributed by atoms with Gasteiger partial charge in [0.25, 0.3) is 28.9 Å². The standard InChI is InChI=1S/C15H12ClN3O5S.C15H14ClN3O3S.C14H12N2O4.C10H10N2O5.CH4/c16-13-6-5-12(25-13)14(20)17-7-11-8-18(15(21)24-11)9-1-3-10(4-2-9)19(22)23;16-13-6-5-12(23-13)14(20)18-7-11-8-19(15(21)22-11)10-3-1-9(17)2-4-10;17-14(20-10-11-4-2-1-3-5-11)15-12-6-8-13(9-7-12)16(18)19;13-6-9-5-11(10(14)17-9)7-1-3-8(4-2-7)12(15)16;/h1-6,11H,7-8H2,(H,17,20);1-6,11H,7-8,17H2,(H,18,20);1-9H,10H2,(H,15,17);1-4,9,13H,5-6H2;1H4/t2*11-;;9-;/m00.1./s1. The van der Waals surface area contributed by atoms with Gasteiger partial charge >= 0.3 is 24.4 Å². The first-order chi connectivity index (χ1) is 40.7. The van der Waals surface area contributed by atoms with Crippen LogP contribution < -0.4 is 36.4 Å². The Morgan fingerprint density at radius 3 is 1.30 bits per heavy atom. The van der Waals surface area contributed by atoms with Crippen molar-refractivity contribution in [1.29, 1.82) is 0 Å². The van der Waals surface area contributed by atoms with Gasteiger partial charge in [-0.1, -0.05) is 61.0 Å². The summed E-state index contributed by atoms with van der Waals surface area (Å²) >= 11 is 14.0. The van der Waals surface area contributed by atoms with E-state index in [0.717, 1.165) is 16.9 Å². The van der Waals surface area contributed by atoms with Crippen LogP contribution in [0.15, 0.2) is 152 Å². The lowest BCUT2D eigenvalue weighted by atomic mass is 10.2. The minimum atomic E-state index is -0.609. The summed E-state index contributed by atoms with van der Waals surface area (Å²) in [4.78, 5) is 106. The maximum Gasteiger partial charge on any atom is 0.414 e. The largest absolute Gasteiger partial charge is 0.444 e. The number of anilines is 5. The number of amides is 6. The molecular weight excluding hydrogens is 1210 g/mol. The summed E-state index contributed by atoms with van der Waals surface area (Å²) in [6.45, 7) is 1.17. The van der Waals surface area contributed by atoms with Crippen molar-refractivity contribution in [3.8, 4) is 0 Å². The van der Waals surface area contributed by atoms with Crippen molar-refractivity contribution in [2.45, 2.75) is 32.3 Å². The van der Waals surface area contributed by atoms with E-state index in [1.807, 2.05) is 30.3 Å². The third-order valence-electron chi connectivity index (χ3n) is 11.9. The summed E-state index contributed by atoms with van der Waals surface area (Å²) < 4.78 is 21.4. The fourth-order valence-electron chi connectivity index (χ4n) is 7.67. The van der Waals surface area contributed by atoms with Gasteiger partial charge < -0.3 is 40.4 Å². The normalized spacial score (nSPS) is 15.5. The van der Waals surface area contributed by atoms with E-state index in [-0.39, 0.29) is 75.7 Å². The molecule has 0 radical (unpaired) electrons. The molecule has 7 aromatic rings. The second kappa shape index (κ2) is 31.1. The van der Waals surface area contributed by atoms with Gasteiger partial charge in [0.1, 0.15) is 24.9 Å². The molecule has 0 bridgehead atoms. The highest BCUT2D eigenvalue weighted by Gasteiger charge is 2.35. The molecule has 27 nitrogen and oxygen atoms in total. The number of halogens is 2. The van der Waals surface area contributed by atoms with Crippen LogP contribution in [0.1, 0.15) is 32.3 Å². The molecule has 10 rings (SSSR count). The van der Waals surface area contributed by atoms with Crippen LogP contribution >= 0.6 is 45.9 Å². The highest BCUT2D eigenvalue weighted by molar-refractivity contribution is 7.18. The number of carbonyl (C=O) groups is 6. The second-order valence-corrected chi connectivity index (χ2v) is 21.2. The number of hydrogen-bond donors (Lipinski definition) is 5. The van der Waals surface area contributed by atoms with Gasteiger partial charge in [0.15, 0.2) is 0 Å². The van der Waals surface area contributed by atoms with E-state index in [1.165, 1.54) is 98.8 Å². The first-order valence-electron chi connectivity index (χ1n) is 24.9. The highest BCUT2D eigenvalue weighted by Crippen LogP contribution is 2.28. The van der Waals surface area contributed by atoms with Crippen molar-refractivity contribution < 1.29 is 67.6 Å². The van der Waals surface area contributed by atoms with Crippen molar-refractivity contribution in [1.82, 2.24) is 10.6 Å². The van der Waals surface area contributed by atoms with Crippen LogP contribution in [0, 0.1) is 30.3 Å². The van der Waals surface area contributed by atoms with Crippen LogP contribution in [0.2, 0.25) is 8.67 Å². The SMILES string of the molecule is C.Nc1ccc(N2C[C@H](CNC(=O)c3ccc(Cl)s3)OC2=O)cc1.O=C(NC[C@H]1CN(c2ccc([N+](=O)[O-])cc2)C(=O)O1)c1ccc(Cl)s1.O=C(Nc1ccc([N+](=O)[O-])cc1)OCc1ccccc1.O=C1O[C@@H](CO)CN1c1ccc([N+](=O)[O-])cc1. The molecule has 0 aliphatic carbocycles. The summed E-state index contributed by atoms with van der Waals surface area (Å²) in [5.41, 5.74) is 9.16. The first-order valence-corrected chi connectivity index (χ1v) is 27.3. The van der Waals surface area contributed by atoms with Gasteiger partial charge in [0.2, 0.25) is 0 Å². The van der Waals surface area contributed by atoms with Crippen LogP contribution in [0.25, 0.3) is 0 Å². The van der Waals surface area contributed by atoms with Crippen LogP contribution in [0.3, 0.4) is 0 Å². The minimum absolute atomic E-state index is 0. The van der Waals surface area contributed by atoms with Crippen LogP contribution in [-0.2, 0) is 25.6 Å². The Morgan fingerprint density at radius 2 is 0.942 bits per heavy atom. The van der Waals surface area contributed by atoms with E-state index in [2.05, 4.69) is 16.0 Å². The Morgan fingerprint density at radius 1 is 0.570 bits per heavy atom. The predicted octanol–water partition coefficient (Wildman–Crippen LogP) is 10.7. The number of rotatable bonds is 16. The van der Waals surface area contributed by atoms with E-state index < -0.39 is 57.5 Å². The monoisotopic (exact) mass is 1260 g/mol. The number of aliphatic hydroxyl groups is 1. The van der Waals surface area contributed by atoms with Gasteiger partial charge in [-0.2, -0.15) is 0 Å². The van der Waals surface area contributed by atoms with E-state index in [4.69, 9.17) is 53.0 Å². The summed E-state index contributed by atoms with van der Waals surface area (Å²) in [6, 6.07) is 39.5. The number of benzene rings is 5. The number of nitro groups is 3. The summed E-state index contributed by atoms with van der Waals surface area (Å²) in [7, 11) is 0. The number of nitrogens with one attached hydrogen (secondary N) is 3. The smallest absolute Gasteiger partial charge is 0.414 e.